The number of benzene rings is 1. The van der Waals surface area contributed by atoms with Crippen molar-refractivity contribution in [3.63, 3.8) is 0 Å². The second-order valence-corrected chi connectivity index (χ2v) is 6.37. The summed E-state index contributed by atoms with van der Waals surface area (Å²) in [4.78, 5) is 35.1. The van der Waals surface area contributed by atoms with Crippen molar-refractivity contribution >= 4 is 28.8 Å². The van der Waals surface area contributed by atoms with Crippen LogP contribution in [0.5, 0.6) is 0 Å². The quantitative estimate of drug-likeness (QED) is 0.415. The van der Waals surface area contributed by atoms with Gasteiger partial charge >= 0.3 is 0 Å². The average Bonchev–Trinajstić information content (AvgIpc) is 3.31. The molecule has 0 spiro atoms. The number of rotatable bonds is 5. The minimum Gasteiger partial charge on any atom is -0.366 e. The Morgan fingerprint density at radius 2 is 1.93 bits per heavy atom. The molecule has 28 heavy (non-hydrogen) atoms. The number of nitrogens with zero attached hydrogens (tertiary/aromatic N) is 3. The van der Waals surface area contributed by atoms with Crippen molar-refractivity contribution in [3.8, 4) is 11.1 Å². The Balaban J connectivity index is 1.66. The van der Waals surface area contributed by atoms with E-state index in [0.717, 1.165) is 27.7 Å². The summed E-state index contributed by atoms with van der Waals surface area (Å²) < 4.78 is 1.70. The summed E-state index contributed by atoms with van der Waals surface area (Å²) in [5, 5.41) is 0.878. The van der Waals surface area contributed by atoms with Crippen LogP contribution in [0.15, 0.2) is 61.2 Å². The number of amides is 1. The van der Waals surface area contributed by atoms with Crippen LogP contribution in [0.3, 0.4) is 0 Å². The third-order valence-electron chi connectivity index (χ3n) is 4.49. The van der Waals surface area contributed by atoms with Gasteiger partial charge in [-0.25, -0.2) is 9.97 Å². The number of aryl methyl sites for hydroxylation is 1. The number of hydrogen-bond acceptors (Lipinski definition) is 4. The van der Waals surface area contributed by atoms with Crippen LogP contribution in [-0.4, -0.2) is 31.2 Å². The number of primary amides is 1. The maximum absolute atomic E-state index is 12.5. The number of imidazole rings is 1. The molecule has 0 bridgehead atoms. The van der Waals surface area contributed by atoms with Gasteiger partial charge < -0.3 is 15.3 Å². The molecule has 3 aromatic heterocycles. The van der Waals surface area contributed by atoms with E-state index in [0.29, 0.717) is 11.4 Å². The van der Waals surface area contributed by atoms with E-state index in [1.54, 1.807) is 54.6 Å². The third kappa shape index (κ3) is 3.21. The summed E-state index contributed by atoms with van der Waals surface area (Å²) in [5.74, 6) is -0.238. The van der Waals surface area contributed by atoms with E-state index in [2.05, 4.69) is 15.0 Å². The first-order chi connectivity index (χ1) is 13.5. The average molecular weight is 371 g/mol. The number of pyridine rings is 1. The summed E-state index contributed by atoms with van der Waals surface area (Å²) in [5.41, 5.74) is 9.11. The molecule has 138 valence electrons. The van der Waals surface area contributed by atoms with E-state index in [4.69, 9.17) is 5.73 Å². The van der Waals surface area contributed by atoms with Crippen molar-refractivity contribution in [3.05, 3.63) is 78.1 Å². The smallest absolute Gasteiger partial charge is 0.241 e. The number of aromatic amines is 1. The SMILES string of the molecule is Cn1ccnc1C(=O)c1ccc(-c2cnc3[nH]cc(/C=C/C(N)=O)c3c2)cc1. The van der Waals surface area contributed by atoms with Gasteiger partial charge in [0, 0.05) is 60.0 Å². The van der Waals surface area contributed by atoms with Gasteiger partial charge in [0.15, 0.2) is 5.82 Å². The molecule has 0 saturated heterocycles. The van der Waals surface area contributed by atoms with Crippen LogP contribution in [0.2, 0.25) is 0 Å². The van der Waals surface area contributed by atoms with Gasteiger partial charge in [-0.05, 0) is 17.7 Å². The van der Waals surface area contributed by atoms with Crippen molar-refractivity contribution < 1.29 is 9.59 Å². The lowest BCUT2D eigenvalue weighted by atomic mass is 10.0. The third-order valence-corrected chi connectivity index (χ3v) is 4.49. The molecule has 0 aliphatic carbocycles. The molecule has 0 saturated carbocycles. The molecule has 0 fully saturated rings. The maximum atomic E-state index is 12.5. The molecule has 3 N–H and O–H groups in total. The van der Waals surface area contributed by atoms with Crippen molar-refractivity contribution in [2.75, 3.05) is 0 Å². The van der Waals surface area contributed by atoms with Crippen LogP contribution in [0, 0.1) is 0 Å². The lowest BCUT2D eigenvalue weighted by Crippen LogP contribution is -2.08. The fraction of sp³-hybridized carbons (Fsp3) is 0.0476. The Kier molecular flexibility index (Phi) is 4.33. The topological polar surface area (TPSA) is 107 Å². The van der Waals surface area contributed by atoms with Crippen molar-refractivity contribution in [2.24, 2.45) is 12.8 Å². The molecule has 0 atom stereocenters. The largest absolute Gasteiger partial charge is 0.366 e. The highest BCUT2D eigenvalue weighted by molar-refractivity contribution is 6.07. The van der Waals surface area contributed by atoms with Crippen molar-refractivity contribution in [2.45, 2.75) is 0 Å². The van der Waals surface area contributed by atoms with E-state index in [1.807, 2.05) is 18.2 Å². The van der Waals surface area contributed by atoms with Crippen LogP contribution in [0.25, 0.3) is 28.2 Å². The zero-order chi connectivity index (χ0) is 19.7. The number of carbonyl (C=O) groups is 2. The Morgan fingerprint density at radius 3 is 2.61 bits per heavy atom. The van der Waals surface area contributed by atoms with Gasteiger partial charge in [0.25, 0.3) is 0 Å². The molecule has 1 amide bonds. The number of fused-ring (bicyclic) bond motifs is 1. The van der Waals surface area contributed by atoms with Gasteiger partial charge in [-0.1, -0.05) is 24.3 Å². The number of hydrogen-bond donors (Lipinski definition) is 2. The Labute approximate surface area is 160 Å². The molecule has 7 heteroatoms. The second kappa shape index (κ2) is 6.96. The van der Waals surface area contributed by atoms with Gasteiger partial charge in [0.2, 0.25) is 11.7 Å². The molecule has 7 nitrogen and oxygen atoms in total. The van der Waals surface area contributed by atoms with Gasteiger partial charge in [-0.3, -0.25) is 9.59 Å². The highest BCUT2D eigenvalue weighted by atomic mass is 16.1. The first kappa shape index (κ1) is 17.4. The number of carbonyl (C=O) groups excluding carboxylic acids is 2. The van der Waals surface area contributed by atoms with Crippen LogP contribution in [0.4, 0.5) is 0 Å². The highest BCUT2D eigenvalue weighted by Crippen LogP contribution is 2.26. The van der Waals surface area contributed by atoms with Crippen molar-refractivity contribution in [1.29, 1.82) is 0 Å². The Morgan fingerprint density at radius 1 is 1.14 bits per heavy atom. The Bertz CT molecular complexity index is 1220. The van der Waals surface area contributed by atoms with Crippen LogP contribution in [0.1, 0.15) is 21.7 Å². The molecule has 4 aromatic rings. The van der Waals surface area contributed by atoms with Gasteiger partial charge in [0.1, 0.15) is 5.65 Å². The second-order valence-electron chi connectivity index (χ2n) is 6.37. The van der Waals surface area contributed by atoms with E-state index < -0.39 is 5.91 Å². The molecule has 0 unspecified atom stereocenters. The molecule has 4 rings (SSSR count). The number of ketones is 1. The zero-order valence-electron chi connectivity index (χ0n) is 15.1. The maximum Gasteiger partial charge on any atom is 0.241 e. The molecular formula is C21H17N5O2. The van der Waals surface area contributed by atoms with Crippen LogP contribution < -0.4 is 5.73 Å². The first-order valence-electron chi connectivity index (χ1n) is 8.60. The molecule has 0 aliphatic rings. The molecule has 0 radical (unpaired) electrons. The zero-order valence-corrected chi connectivity index (χ0v) is 15.1. The first-order valence-corrected chi connectivity index (χ1v) is 8.60. The summed E-state index contributed by atoms with van der Waals surface area (Å²) >= 11 is 0. The van der Waals surface area contributed by atoms with Gasteiger partial charge in [-0.2, -0.15) is 0 Å². The predicted molar refractivity (Wildman–Crippen MR) is 106 cm³/mol. The lowest BCUT2D eigenvalue weighted by molar-refractivity contribution is -0.113. The normalized spacial score (nSPS) is 11.3. The summed E-state index contributed by atoms with van der Waals surface area (Å²) in [6, 6.07) is 9.30. The minimum absolute atomic E-state index is 0.128. The predicted octanol–water partition coefficient (Wildman–Crippen LogP) is 2.69. The minimum atomic E-state index is -0.508. The van der Waals surface area contributed by atoms with Gasteiger partial charge in [-0.15, -0.1) is 0 Å². The van der Waals surface area contributed by atoms with Crippen LogP contribution >= 0.6 is 0 Å². The van der Waals surface area contributed by atoms with Gasteiger partial charge in [0.05, 0.1) is 0 Å². The van der Waals surface area contributed by atoms with E-state index in [9.17, 15) is 9.59 Å². The molecule has 0 aliphatic heterocycles. The lowest BCUT2D eigenvalue weighted by Gasteiger charge is -2.05. The molecule has 1 aromatic carbocycles. The van der Waals surface area contributed by atoms with E-state index in [1.165, 1.54) is 6.08 Å². The fourth-order valence-electron chi connectivity index (χ4n) is 3.02. The summed E-state index contributed by atoms with van der Waals surface area (Å²) in [7, 11) is 1.79. The number of nitrogens with two attached hydrogens (primary N) is 1. The van der Waals surface area contributed by atoms with Crippen LogP contribution in [-0.2, 0) is 11.8 Å². The number of aromatic nitrogens is 4. The Hall–Kier alpha value is -4.00. The van der Waals surface area contributed by atoms with Crippen molar-refractivity contribution in [1.82, 2.24) is 19.5 Å². The number of H-pyrrole nitrogens is 1. The monoisotopic (exact) mass is 371 g/mol. The standard InChI is InChI=1S/C21H17N5O2/c1-26-9-8-23-21(26)19(28)14-4-2-13(3-5-14)16-10-17-15(6-7-18(22)27)11-24-20(17)25-12-16/h2-12H,1H3,(H2,22,27)(H,24,25)/b7-6+. The number of nitrogens with one attached hydrogen (secondary N) is 1. The summed E-state index contributed by atoms with van der Waals surface area (Å²) in [6.07, 6.45) is 9.84. The molecule has 3 heterocycles. The summed E-state index contributed by atoms with van der Waals surface area (Å²) in [6.45, 7) is 0. The van der Waals surface area contributed by atoms with E-state index >= 15 is 0 Å². The van der Waals surface area contributed by atoms with E-state index in [-0.39, 0.29) is 5.78 Å². The highest BCUT2D eigenvalue weighted by Gasteiger charge is 2.14. The molecular weight excluding hydrogens is 354 g/mol. The fourth-order valence-corrected chi connectivity index (χ4v) is 3.02.